The highest BCUT2D eigenvalue weighted by atomic mass is 16.2. The van der Waals surface area contributed by atoms with E-state index < -0.39 is 11.1 Å². The van der Waals surface area contributed by atoms with Crippen molar-refractivity contribution >= 4 is 16.9 Å². The first kappa shape index (κ1) is 18.4. The molecule has 0 radical (unpaired) electrons. The van der Waals surface area contributed by atoms with Gasteiger partial charge in [0.25, 0.3) is 0 Å². The standard InChI is InChI=1S/C19H26N4O3/c1-21-15-8-3-4-9-16(15)23(19(26)18(21)25)14-17(24)20-10-7-13-22-11-5-2-6-12-22/h3-4,8-9H,2,5-7,10-14H2,1H3,(H,20,24). The van der Waals surface area contributed by atoms with Gasteiger partial charge in [-0.3, -0.25) is 19.0 Å². The van der Waals surface area contributed by atoms with Gasteiger partial charge < -0.3 is 14.8 Å². The van der Waals surface area contributed by atoms with Crippen LogP contribution in [0.3, 0.4) is 0 Å². The molecule has 7 nitrogen and oxygen atoms in total. The van der Waals surface area contributed by atoms with Crippen LogP contribution in [-0.2, 0) is 18.4 Å². The molecule has 1 N–H and O–H groups in total. The van der Waals surface area contributed by atoms with Crippen LogP contribution in [0.1, 0.15) is 25.7 Å². The third-order valence-corrected chi connectivity index (χ3v) is 4.99. The van der Waals surface area contributed by atoms with Crippen molar-refractivity contribution in [1.82, 2.24) is 19.4 Å². The SMILES string of the molecule is Cn1c(=O)c(=O)n(CC(=O)NCCCN2CCCCC2)c2ccccc21. The lowest BCUT2D eigenvalue weighted by Crippen LogP contribution is -2.43. The largest absolute Gasteiger partial charge is 0.355 e. The molecule has 26 heavy (non-hydrogen) atoms. The highest BCUT2D eigenvalue weighted by Crippen LogP contribution is 2.09. The van der Waals surface area contributed by atoms with Gasteiger partial charge in [-0.05, 0) is 51.0 Å². The molecule has 1 amide bonds. The molecule has 1 aromatic carbocycles. The molecule has 3 rings (SSSR count). The van der Waals surface area contributed by atoms with E-state index in [1.807, 2.05) is 0 Å². The van der Waals surface area contributed by atoms with Crippen LogP contribution in [0.5, 0.6) is 0 Å². The highest BCUT2D eigenvalue weighted by Gasteiger charge is 2.13. The summed E-state index contributed by atoms with van der Waals surface area (Å²) in [6, 6.07) is 7.11. The second-order valence-corrected chi connectivity index (χ2v) is 6.85. The fraction of sp³-hybridized carbons (Fsp3) is 0.526. The molecule has 0 aliphatic carbocycles. The number of fused-ring (bicyclic) bond motifs is 1. The number of hydrogen-bond acceptors (Lipinski definition) is 4. The van der Waals surface area contributed by atoms with Crippen molar-refractivity contribution in [3.8, 4) is 0 Å². The first-order valence-corrected chi connectivity index (χ1v) is 9.25. The van der Waals surface area contributed by atoms with Gasteiger partial charge in [0.05, 0.1) is 11.0 Å². The Bertz CT molecular complexity index is 894. The normalized spacial score (nSPS) is 15.3. The van der Waals surface area contributed by atoms with Gasteiger partial charge in [0.1, 0.15) is 6.54 Å². The van der Waals surface area contributed by atoms with Gasteiger partial charge in [-0.25, -0.2) is 0 Å². The molecule has 2 aromatic rings. The van der Waals surface area contributed by atoms with Gasteiger partial charge in [-0.1, -0.05) is 18.6 Å². The van der Waals surface area contributed by atoms with Gasteiger partial charge in [0, 0.05) is 13.6 Å². The van der Waals surface area contributed by atoms with Crippen LogP contribution in [0.25, 0.3) is 11.0 Å². The number of hydrogen-bond donors (Lipinski definition) is 1. The smallest absolute Gasteiger partial charge is 0.317 e. The Balaban J connectivity index is 1.62. The Labute approximate surface area is 152 Å². The summed E-state index contributed by atoms with van der Waals surface area (Å²) in [5.74, 6) is -0.246. The number of carbonyl (C=O) groups excluding carboxylic acids is 1. The maximum atomic E-state index is 12.3. The van der Waals surface area contributed by atoms with E-state index in [2.05, 4.69) is 10.2 Å². The predicted molar refractivity (Wildman–Crippen MR) is 101 cm³/mol. The second-order valence-electron chi connectivity index (χ2n) is 6.85. The summed E-state index contributed by atoms with van der Waals surface area (Å²) in [5.41, 5.74) is -0.0747. The van der Waals surface area contributed by atoms with E-state index >= 15 is 0 Å². The van der Waals surface area contributed by atoms with Crippen molar-refractivity contribution < 1.29 is 4.79 Å². The minimum atomic E-state index is -0.672. The average Bonchev–Trinajstić information content (AvgIpc) is 2.68. The summed E-state index contributed by atoms with van der Waals surface area (Å²) >= 11 is 0. The molecule has 140 valence electrons. The van der Waals surface area contributed by atoms with Crippen LogP contribution in [0.2, 0.25) is 0 Å². The Morgan fingerprint density at radius 1 is 1.04 bits per heavy atom. The Kier molecular flexibility index (Phi) is 5.88. The Hall–Kier alpha value is -2.41. The van der Waals surface area contributed by atoms with E-state index in [-0.39, 0.29) is 12.5 Å². The molecule has 7 heteroatoms. The van der Waals surface area contributed by atoms with Crippen LogP contribution in [0, 0.1) is 0 Å². The minimum absolute atomic E-state index is 0.140. The van der Waals surface area contributed by atoms with E-state index in [0.717, 1.165) is 26.1 Å². The fourth-order valence-corrected chi connectivity index (χ4v) is 3.52. The number of amides is 1. The number of rotatable bonds is 6. The van der Waals surface area contributed by atoms with Gasteiger partial charge in [-0.2, -0.15) is 0 Å². The molecule has 0 atom stereocenters. The van der Waals surface area contributed by atoms with E-state index in [1.165, 1.54) is 28.4 Å². The molecule has 1 aliphatic rings. The maximum absolute atomic E-state index is 12.3. The van der Waals surface area contributed by atoms with E-state index in [9.17, 15) is 14.4 Å². The van der Waals surface area contributed by atoms with E-state index in [0.29, 0.717) is 17.6 Å². The van der Waals surface area contributed by atoms with Gasteiger partial charge in [-0.15, -0.1) is 0 Å². The molecule has 0 bridgehead atoms. The zero-order valence-corrected chi connectivity index (χ0v) is 15.2. The monoisotopic (exact) mass is 358 g/mol. The number of piperidine rings is 1. The molecule has 2 heterocycles. The minimum Gasteiger partial charge on any atom is -0.355 e. The molecular weight excluding hydrogens is 332 g/mol. The number of nitrogens with zero attached hydrogens (tertiary/aromatic N) is 3. The number of carbonyl (C=O) groups is 1. The number of benzene rings is 1. The molecule has 1 aromatic heterocycles. The lowest BCUT2D eigenvalue weighted by molar-refractivity contribution is -0.121. The van der Waals surface area contributed by atoms with Crippen molar-refractivity contribution in [3.05, 3.63) is 45.0 Å². The van der Waals surface area contributed by atoms with Crippen LogP contribution in [0.15, 0.2) is 33.9 Å². The van der Waals surface area contributed by atoms with Gasteiger partial charge >= 0.3 is 11.1 Å². The van der Waals surface area contributed by atoms with Crippen molar-refractivity contribution in [3.63, 3.8) is 0 Å². The van der Waals surface area contributed by atoms with Crippen molar-refractivity contribution in [2.45, 2.75) is 32.2 Å². The highest BCUT2D eigenvalue weighted by molar-refractivity contribution is 5.80. The molecule has 1 fully saturated rings. The van der Waals surface area contributed by atoms with Crippen LogP contribution >= 0.6 is 0 Å². The summed E-state index contributed by atoms with van der Waals surface area (Å²) in [7, 11) is 1.57. The van der Waals surface area contributed by atoms with Crippen molar-refractivity contribution in [2.24, 2.45) is 7.05 Å². The fourth-order valence-electron chi connectivity index (χ4n) is 3.52. The Morgan fingerprint density at radius 3 is 2.46 bits per heavy atom. The zero-order chi connectivity index (χ0) is 18.5. The lowest BCUT2D eigenvalue weighted by atomic mass is 10.1. The quantitative estimate of drug-likeness (QED) is 0.609. The molecular formula is C19H26N4O3. The number of para-hydroxylation sites is 2. The first-order chi connectivity index (χ1) is 12.6. The summed E-state index contributed by atoms with van der Waals surface area (Å²) in [6.07, 6.45) is 4.71. The van der Waals surface area contributed by atoms with Crippen LogP contribution < -0.4 is 16.4 Å². The van der Waals surface area contributed by atoms with Crippen molar-refractivity contribution in [1.29, 1.82) is 0 Å². The third kappa shape index (κ3) is 4.04. The van der Waals surface area contributed by atoms with Gasteiger partial charge in [0.15, 0.2) is 0 Å². The van der Waals surface area contributed by atoms with E-state index in [4.69, 9.17) is 0 Å². The number of aryl methyl sites for hydroxylation is 1. The van der Waals surface area contributed by atoms with Gasteiger partial charge in [0.2, 0.25) is 5.91 Å². The third-order valence-electron chi connectivity index (χ3n) is 4.99. The molecule has 0 spiro atoms. The van der Waals surface area contributed by atoms with E-state index in [1.54, 1.807) is 31.3 Å². The summed E-state index contributed by atoms with van der Waals surface area (Å²) in [6.45, 7) is 3.70. The first-order valence-electron chi connectivity index (χ1n) is 9.25. The van der Waals surface area contributed by atoms with Crippen LogP contribution in [0.4, 0.5) is 0 Å². The average molecular weight is 358 g/mol. The lowest BCUT2D eigenvalue weighted by Gasteiger charge is -2.26. The molecule has 1 saturated heterocycles. The second kappa shape index (κ2) is 8.31. The summed E-state index contributed by atoms with van der Waals surface area (Å²) in [5, 5.41) is 2.86. The topological polar surface area (TPSA) is 76.3 Å². The number of aromatic nitrogens is 2. The predicted octanol–water partition coefficient (Wildman–Crippen LogP) is 0.692. The van der Waals surface area contributed by atoms with Crippen LogP contribution in [-0.4, -0.2) is 46.1 Å². The summed E-state index contributed by atoms with van der Waals surface area (Å²) in [4.78, 5) is 39.1. The number of likely N-dealkylation sites (tertiary alicyclic amines) is 1. The van der Waals surface area contributed by atoms with Crippen molar-refractivity contribution in [2.75, 3.05) is 26.2 Å². The maximum Gasteiger partial charge on any atom is 0.317 e. The molecule has 0 unspecified atom stereocenters. The Morgan fingerprint density at radius 2 is 1.73 bits per heavy atom. The number of nitrogens with one attached hydrogen (secondary N) is 1. The zero-order valence-electron chi connectivity index (χ0n) is 15.2. The molecule has 1 aliphatic heterocycles. The molecule has 0 saturated carbocycles. The summed E-state index contributed by atoms with van der Waals surface area (Å²) < 4.78 is 2.59.